The molecule has 28 heavy (non-hydrogen) atoms. The summed E-state index contributed by atoms with van der Waals surface area (Å²) in [5.41, 5.74) is 2.20. The minimum atomic E-state index is 0.0131. The van der Waals surface area contributed by atoms with Crippen molar-refractivity contribution in [3.8, 4) is 0 Å². The maximum atomic E-state index is 6.26. The summed E-state index contributed by atoms with van der Waals surface area (Å²) in [5.74, 6) is 0.932. The lowest BCUT2D eigenvalue weighted by Gasteiger charge is -2.34. The maximum absolute atomic E-state index is 6.26. The number of aliphatic imine (C=N–C) groups is 1. The summed E-state index contributed by atoms with van der Waals surface area (Å²) in [6.07, 6.45) is 5.69. The van der Waals surface area contributed by atoms with Crippen molar-refractivity contribution in [2.75, 3.05) is 32.8 Å². The SMILES string of the molecule is CCNC(=NCCCc1ccc(Cl)cc1Cl)N1CCOC(c2cnn(C)c2)C1. The Bertz CT molecular complexity index is 808. The van der Waals surface area contributed by atoms with Gasteiger partial charge in [-0.1, -0.05) is 29.3 Å². The quantitative estimate of drug-likeness (QED) is 0.437. The zero-order valence-corrected chi connectivity index (χ0v) is 17.9. The van der Waals surface area contributed by atoms with Crippen LogP contribution in [-0.2, 0) is 18.2 Å². The van der Waals surface area contributed by atoms with Gasteiger partial charge in [-0.3, -0.25) is 9.67 Å². The molecule has 6 nitrogen and oxygen atoms in total. The average molecular weight is 424 g/mol. The Morgan fingerprint density at radius 2 is 2.25 bits per heavy atom. The summed E-state index contributed by atoms with van der Waals surface area (Å²) in [7, 11) is 1.92. The molecule has 1 aliphatic rings. The highest BCUT2D eigenvalue weighted by molar-refractivity contribution is 6.35. The molecule has 1 saturated heterocycles. The molecule has 1 fully saturated rings. The predicted molar refractivity (Wildman–Crippen MR) is 114 cm³/mol. The molecule has 2 aromatic rings. The standard InChI is InChI=1S/C20H27Cl2N5O/c1-3-23-20(24-8-4-5-15-6-7-17(21)11-18(15)22)27-9-10-28-19(14-27)16-12-25-26(2)13-16/h6-7,11-13,19H,3-5,8-10,14H2,1-2H3,(H,23,24). The first kappa shape index (κ1) is 21.0. The number of benzene rings is 1. The molecule has 2 heterocycles. The Morgan fingerprint density at radius 3 is 2.96 bits per heavy atom. The van der Waals surface area contributed by atoms with Crippen molar-refractivity contribution in [3.05, 3.63) is 51.8 Å². The number of aromatic nitrogens is 2. The summed E-state index contributed by atoms with van der Waals surface area (Å²) < 4.78 is 7.74. The van der Waals surface area contributed by atoms with Crippen molar-refractivity contribution in [2.45, 2.75) is 25.9 Å². The number of hydrogen-bond donors (Lipinski definition) is 1. The largest absolute Gasteiger partial charge is 0.370 e. The van der Waals surface area contributed by atoms with E-state index in [1.807, 2.05) is 31.6 Å². The summed E-state index contributed by atoms with van der Waals surface area (Å²) in [4.78, 5) is 7.08. The van der Waals surface area contributed by atoms with Crippen LogP contribution in [0.15, 0.2) is 35.6 Å². The fourth-order valence-corrected chi connectivity index (χ4v) is 3.76. The van der Waals surface area contributed by atoms with Crippen LogP contribution in [0, 0.1) is 0 Å². The van der Waals surface area contributed by atoms with Gasteiger partial charge >= 0.3 is 0 Å². The third-order valence-electron chi connectivity index (χ3n) is 4.68. The molecule has 8 heteroatoms. The topological polar surface area (TPSA) is 54.7 Å². The van der Waals surface area contributed by atoms with E-state index in [4.69, 9.17) is 32.9 Å². The lowest BCUT2D eigenvalue weighted by Crippen LogP contribution is -2.48. The van der Waals surface area contributed by atoms with Crippen LogP contribution in [0.2, 0.25) is 10.0 Å². The van der Waals surface area contributed by atoms with E-state index in [-0.39, 0.29) is 6.10 Å². The normalized spacial score (nSPS) is 17.8. The fourth-order valence-electron chi connectivity index (χ4n) is 3.25. The number of nitrogens with one attached hydrogen (secondary N) is 1. The molecule has 0 saturated carbocycles. The molecule has 1 aromatic heterocycles. The Hall–Kier alpha value is -1.76. The van der Waals surface area contributed by atoms with Gasteiger partial charge in [-0.05, 0) is 37.5 Å². The van der Waals surface area contributed by atoms with Gasteiger partial charge in [0.15, 0.2) is 5.96 Å². The Labute approximate surface area is 176 Å². The van der Waals surface area contributed by atoms with Crippen molar-refractivity contribution >= 4 is 29.2 Å². The number of guanidine groups is 1. The van der Waals surface area contributed by atoms with Crippen LogP contribution < -0.4 is 5.32 Å². The molecule has 1 unspecified atom stereocenters. The van der Waals surface area contributed by atoms with Crippen molar-refractivity contribution in [1.82, 2.24) is 20.0 Å². The first-order valence-electron chi connectivity index (χ1n) is 9.64. The van der Waals surface area contributed by atoms with Gasteiger partial charge in [0.1, 0.15) is 6.10 Å². The molecule has 0 radical (unpaired) electrons. The van der Waals surface area contributed by atoms with Gasteiger partial charge in [0.2, 0.25) is 0 Å². The summed E-state index contributed by atoms with van der Waals surface area (Å²) in [6.45, 7) is 5.91. The van der Waals surface area contributed by atoms with Gasteiger partial charge in [0.05, 0.1) is 19.3 Å². The lowest BCUT2D eigenvalue weighted by atomic mass is 10.1. The van der Waals surface area contributed by atoms with Crippen molar-refractivity contribution in [1.29, 1.82) is 0 Å². The summed E-state index contributed by atoms with van der Waals surface area (Å²) in [6, 6.07) is 5.65. The molecule has 152 valence electrons. The third-order valence-corrected chi connectivity index (χ3v) is 5.27. The molecule has 1 atom stereocenters. The zero-order valence-electron chi connectivity index (χ0n) is 16.4. The zero-order chi connectivity index (χ0) is 19.9. The van der Waals surface area contributed by atoms with E-state index >= 15 is 0 Å². The number of nitrogens with zero attached hydrogens (tertiary/aromatic N) is 4. The molecular formula is C20H27Cl2N5O. The van der Waals surface area contributed by atoms with E-state index in [1.54, 1.807) is 10.7 Å². The fraction of sp³-hybridized carbons (Fsp3) is 0.500. The molecule has 3 rings (SSSR count). The van der Waals surface area contributed by atoms with Gasteiger partial charge in [-0.2, -0.15) is 5.10 Å². The van der Waals surface area contributed by atoms with E-state index in [0.29, 0.717) is 11.6 Å². The van der Waals surface area contributed by atoms with Gasteiger partial charge in [0.25, 0.3) is 0 Å². The van der Waals surface area contributed by atoms with Gasteiger partial charge in [-0.15, -0.1) is 0 Å². The number of hydrogen-bond acceptors (Lipinski definition) is 3. The number of morpholine rings is 1. The van der Waals surface area contributed by atoms with Gasteiger partial charge in [-0.25, -0.2) is 0 Å². The molecule has 0 amide bonds. The Balaban J connectivity index is 1.58. The summed E-state index contributed by atoms with van der Waals surface area (Å²) in [5, 5.41) is 9.04. The Kier molecular flexibility index (Phi) is 7.59. The van der Waals surface area contributed by atoms with E-state index in [0.717, 1.165) is 61.1 Å². The van der Waals surface area contributed by atoms with Crippen molar-refractivity contribution < 1.29 is 4.74 Å². The number of halogens is 2. The highest BCUT2D eigenvalue weighted by atomic mass is 35.5. The highest BCUT2D eigenvalue weighted by Gasteiger charge is 2.25. The highest BCUT2D eigenvalue weighted by Crippen LogP contribution is 2.23. The Morgan fingerprint density at radius 1 is 1.39 bits per heavy atom. The van der Waals surface area contributed by atoms with Crippen LogP contribution in [0.4, 0.5) is 0 Å². The predicted octanol–water partition coefficient (Wildman–Crippen LogP) is 3.70. The average Bonchev–Trinajstić information content (AvgIpc) is 3.12. The van der Waals surface area contributed by atoms with Crippen LogP contribution in [0.1, 0.15) is 30.6 Å². The molecule has 0 aliphatic carbocycles. The smallest absolute Gasteiger partial charge is 0.194 e. The first-order valence-corrected chi connectivity index (χ1v) is 10.4. The lowest BCUT2D eigenvalue weighted by molar-refractivity contribution is -0.00804. The van der Waals surface area contributed by atoms with E-state index in [1.165, 1.54) is 0 Å². The molecular weight excluding hydrogens is 397 g/mol. The first-order chi connectivity index (χ1) is 13.6. The van der Waals surface area contributed by atoms with E-state index in [9.17, 15) is 0 Å². The minimum Gasteiger partial charge on any atom is -0.370 e. The summed E-state index contributed by atoms with van der Waals surface area (Å²) >= 11 is 12.2. The van der Waals surface area contributed by atoms with Gasteiger partial charge < -0.3 is 15.0 Å². The molecule has 0 bridgehead atoms. The van der Waals surface area contributed by atoms with Crippen LogP contribution in [0.5, 0.6) is 0 Å². The van der Waals surface area contributed by atoms with Crippen LogP contribution in [-0.4, -0.2) is 53.4 Å². The molecule has 1 aliphatic heterocycles. The van der Waals surface area contributed by atoms with Crippen LogP contribution >= 0.6 is 23.2 Å². The minimum absolute atomic E-state index is 0.0131. The second-order valence-corrected chi connectivity index (χ2v) is 7.67. The van der Waals surface area contributed by atoms with E-state index in [2.05, 4.69) is 22.2 Å². The van der Waals surface area contributed by atoms with Crippen LogP contribution in [0.3, 0.4) is 0 Å². The second kappa shape index (κ2) is 10.1. The molecule has 0 spiro atoms. The maximum Gasteiger partial charge on any atom is 0.194 e. The molecule has 1 aromatic carbocycles. The van der Waals surface area contributed by atoms with Crippen molar-refractivity contribution in [2.24, 2.45) is 12.0 Å². The number of ether oxygens (including phenoxy) is 1. The van der Waals surface area contributed by atoms with Gasteiger partial charge in [0, 0.05) is 48.5 Å². The monoisotopic (exact) mass is 423 g/mol. The van der Waals surface area contributed by atoms with Crippen molar-refractivity contribution in [3.63, 3.8) is 0 Å². The van der Waals surface area contributed by atoms with E-state index < -0.39 is 0 Å². The number of rotatable bonds is 6. The number of aryl methyl sites for hydroxylation is 2. The second-order valence-electron chi connectivity index (χ2n) is 6.83. The molecule has 1 N–H and O–H groups in total. The third kappa shape index (κ3) is 5.63. The van der Waals surface area contributed by atoms with Crippen LogP contribution in [0.25, 0.3) is 0 Å².